The summed E-state index contributed by atoms with van der Waals surface area (Å²) in [6.07, 6.45) is 0.937. The molecule has 0 amide bonds. The van der Waals surface area contributed by atoms with E-state index in [2.05, 4.69) is 26.5 Å². The average molecular weight is 218 g/mol. The fourth-order valence-electron chi connectivity index (χ4n) is 1.90. The largest absolute Gasteiger partial charge is 0.485 e. The highest BCUT2D eigenvalue weighted by Gasteiger charge is 2.32. The van der Waals surface area contributed by atoms with Gasteiger partial charge in [-0.3, -0.25) is 0 Å². The van der Waals surface area contributed by atoms with Crippen LogP contribution in [0, 0.1) is 0 Å². The quantitative estimate of drug-likeness (QED) is 0.724. The third-order valence-corrected chi connectivity index (χ3v) is 2.53. The van der Waals surface area contributed by atoms with Crippen molar-refractivity contribution >= 4 is 0 Å². The topological polar surface area (TPSA) is 18.5 Å². The van der Waals surface area contributed by atoms with Crippen LogP contribution in [0.5, 0.6) is 11.5 Å². The Morgan fingerprint density at radius 1 is 1.50 bits per heavy atom. The maximum absolute atomic E-state index is 5.90. The highest BCUT2D eigenvalue weighted by atomic mass is 16.5. The first kappa shape index (κ1) is 11.1. The molecule has 86 valence electrons. The molecule has 0 N–H and O–H groups in total. The van der Waals surface area contributed by atoms with Gasteiger partial charge in [-0.1, -0.05) is 18.7 Å². The molecule has 0 saturated heterocycles. The van der Waals surface area contributed by atoms with E-state index >= 15 is 0 Å². The van der Waals surface area contributed by atoms with E-state index in [1.807, 2.05) is 19.1 Å². The third-order valence-electron chi connectivity index (χ3n) is 2.53. The maximum Gasteiger partial charge on any atom is 0.165 e. The van der Waals surface area contributed by atoms with E-state index in [0.29, 0.717) is 6.61 Å². The van der Waals surface area contributed by atoms with Crippen molar-refractivity contribution in [2.24, 2.45) is 0 Å². The van der Waals surface area contributed by atoms with Crippen LogP contribution in [0.1, 0.15) is 26.3 Å². The van der Waals surface area contributed by atoms with Crippen molar-refractivity contribution in [2.75, 3.05) is 6.61 Å². The van der Waals surface area contributed by atoms with E-state index in [4.69, 9.17) is 9.47 Å². The van der Waals surface area contributed by atoms with Crippen LogP contribution < -0.4 is 9.47 Å². The van der Waals surface area contributed by atoms with Crippen LogP contribution in [0.4, 0.5) is 0 Å². The minimum absolute atomic E-state index is 0.120. The van der Waals surface area contributed by atoms with Crippen molar-refractivity contribution in [3.8, 4) is 11.5 Å². The summed E-state index contributed by atoms with van der Waals surface area (Å²) in [4.78, 5) is 0. The highest BCUT2D eigenvalue weighted by molar-refractivity contribution is 5.50. The number of benzene rings is 1. The molecule has 0 fully saturated rings. The predicted octanol–water partition coefficient (Wildman–Crippen LogP) is 3.36. The molecule has 0 aromatic heterocycles. The summed E-state index contributed by atoms with van der Waals surface area (Å²) in [6, 6.07) is 6.05. The Morgan fingerprint density at radius 3 is 2.94 bits per heavy atom. The van der Waals surface area contributed by atoms with Crippen molar-refractivity contribution in [3.05, 3.63) is 35.9 Å². The third kappa shape index (κ3) is 2.21. The molecule has 0 saturated carbocycles. The average Bonchev–Trinajstić information content (AvgIpc) is 2.48. The van der Waals surface area contributed by atoms with Gasteiger partial charge in [-0.25, -0.2) is 0 Å². The Labute approximate surface area is 96.9 Å². The fraction of sp³-hybridized carbons (Fsp3) is 0.429. The van der Waals surface area contributed by atoms with E-state index in [0.717, 1.165) is 23.5 Å². The van der Waals surface area contributed by atoms with E-state index in [1.54, 1.807) is 0 Å². The molecule has 1 aromatic rings. The fourth-order valence-corrected chi connectivity index (χ4v) is 1.90. The van der Waals surface area contributed by atoms with Gasteiger partial charge < -0.3 is 9.47 Å². The molecule has 2 heteroatoms. The molecule has 0 unspecified atom stereocenters. The Bertz CT molecular complexity index is 419. The van der Waals surface area contributed by atoms with Gasteiger partial charge in [-0.15, -0.1) is 0 Å². The summed E-state index contributed by atoms with van der Waals surface area (Å²) < 4.78 is 11.6. The van der Waals surface area contributed by atoms with E-state index in [-0.39, 0.29) is 5.60 Å². The molecule has 2 rings (SSSR count). The lowest BCUT2D eigenvalue weighted by atomic mass is 10.0. The SMILES string of the molecule is C=C(C)COc1cccc2c1OC(C)(C)C2. The van der Waals surface area contributed by atoms with Crippen molar-refractivity contribution in [3.63, 3.8) is 0 Å². The molecule has 2 nitrogen and oxygen atoms in total. The van der Waals surface area contributed by atoms with Gasteiger partial charge in [-0.05, 0) is 32.4 Å². The highest BCUT2D eigenvalue weighted by Crippen LogP contribution is 2.41. The number of hydrogen-bond donors (Lipinski definition) is 0. The Kier molecular flexibility index (Phi) is 2.66. The molecule has 0 atom stereocenters. The lowest BCUT2D eigenvalue weighted by molar-refractivity contribution is 0.133. The van der Waals surface area contributed by atoms with Crippen LogP contribution >= 0.6 is 0 Å². The standard InChI is InChI=1S/C14H18O2/c1-10(2)9-15-12-7-5-6-11-8-14(3,4)16-13(11)12/h5-7H,1,8-9H2,2-4H3. The van der Waals surface area contributed by atoms with E-state index in [9.17, 15) is 0 Å². The summed E-state index contributed by atoms with van der Waals surface area (Å²) in [5.41, 5.74) is 2.12. The molecular weight excluding hydrogens is 200 g/mol. The second-order valence-corrected chi connectivity index (χ2v) is 5.03. The molecule has 1 aliphatic heterocycles. The maximum atomic E-state index is 5.90. The van der Waals surface area contributed by atoms with Gasteiger partial charge in [0.2, 0.25) is 0 Å². The number of para-hydroxylation sites is 1. The molecule has 0 radical (unpaired) electrons. The second-order valence-electron chi connectivity index (χ2n) is 5.03. The summed E-state index contributed by atoms with van der Waals surface area (Å²) >= 11 is 0. The van der Waals surface area contributed by atoms with Gasteiger partial charge in [0.1, 0.15) is 12.2 Å². The summed E-state index contributed by atoms with van der Waals surface area (Å²) in [5.74, 6) is 1.72. The minimum atomic E-state index is -0.120. The minimum Gasteiger partial charge on any atom is -0.485 e. The molecule has 16 heavy (non-hydrogen) atoms. The van der Waals surface area contributed by atoms with Crippen molar-refractivity contribution in [1.29, 1.82) is 0 Å². The zero-order valence-corrected chi connectivity index (χ0v) is 10.2. The summed E-state index contributed by atoms with van der Waals surface area (Å²) in [5, 5.41) is 0. The lowest BCUT2D eigenvalue weighted by Crippen LogP contribution is -2.24. The van der Waals surface area contributed by atoms with Crippen molar-refractivity contribution in [2.45, 2.75) is 32.8 Å². The molecular formula is C14H18O2. The number of hydrogen-bond acceptors (Lipinski definition) is 2. The molecule has 1 heterocycles. The van der Waals surface area contributed by atoms with E-state index < -0.39 is 0 Å². The first-order chi connectivity index (χ1) is 7.48. The number of fused-ring (bicyclic) bond motifs is 1. The zero-order chi connectivity index (χ0) is 11.8. The van der Waals surface area contributed by atoms with Crippen LogP contribution in [-0.4, -0.2) is 12.2 Å². The van der Waals surface area contributed by atoms with Crippen LogP contribution in [0.2, 0.25) is 0 Å². The molecule has 0 bridgehead atoms. The molecule has 0 spiro atoms. The van der Waals surface area contributed by atoms with Crippen molar-refractivity contribution in [1.82, 2.24) is 0 Å². The van der Waals surface area contributed by atoms with Gasteiger partial charge in [-0.2, -0.15) is 0 Å². The molecule has 0 aliphatic carbocycles. The van der Waals surface area contributed by atoms with Crippen molar-refractivity contribution < 1.29 is 9.47 Å². The Hall–Kier alpha value is -1.44. The van der Waals surface area contributed by atoms with Crippen LogP contribution in [0.25, 0.3) is 0 Å². The van der Waals surface area contributed by atoms with Crippen LogP contribution in [-0.2, 0) is 6.42 Å². The van der Waals surface area contributed by atoms with Gasteiger partial charge in [0.25, 0.3) is 0 Å². The smallest absolute Gasteiger partial charge is 0.165 e. The molecule has 1 aromatic carbocycles. The first-order valence-electron chi connectivity index (χ1n) is 5.56. The van der Waals surface area contributed by atoms with Crippen LogP contribution in [0.15, 0.2) is 30.4 Å². The second kappa shape index (κ2) is 3.85. The zero-order valence-electron chi connectivity index (χ0n) is 10.2. The summed E-state index contributed by atoms with van der Waals surface area (Å²) in [7, 11) is 0. The monoisotopic (exact) mass is 218 g/mol. The van der Waals surface area contributed by atoms with Gasteiger partial charge >= 0.3 is 0 Å². The number of ether oxygens (including phenoxy) is 2. The van der Waals surface area contributed by atoms with Gasteiger partial charge in [0, 0.05) is 12.0 Å². The summed E-state index contributed by atoms with van der Waals surface area (Å²) in [6.45, 7) is 10.5. The predicted molar refractivity (Wildman–Crippen MR) is 65.2 cm³/mol. The molecule has 1 aliphatic rings. The Balaban J connectivity index is 2.23. The number of rotatable bonds is 3. The Morgan fingerprint density at radius 2 is 2.25 bits per heavy atom. The van der Waals surface area contributed by atoms with E-state index in [1.165, 1.54) is 5.56 Å². The van der Waals surface area contributed by atoms with Gasteiger partial charge in [0.15, 0.2) is 11.5 Å². The lowest BCUT2D eigenvalue weighted by Gasteiger charge is -2.18. The normalized spacial score (nSPS) is 16.4. The van der Waals surface area contributed by atoms with Crippen LogP contribution in [0.3, 0.4) is 0 Å². The van der Waals surface area contributed by atoms with Gasteiger partial charge in [0.05, 0.1) is 0 Å². The first-order valence-corrected chi connectivity index (χ1v) is 5.56.